The van der Waals surface area contributed by atoms with Crippen molar-refractivity contribution in [1.29, 1.82) is 0 Å². The molecular weight excluding hydrogens is 420 g/mol. The highest BCUT2D eigenvalue weighted by Gasteiger charge is 2.33. The number of hydrogen-bond donors (Lipinski definition) is 1. The van der Waals surface area contributed by atoms with Crippen LogP contribution in [-0.4, -0.2) is 32.9 Å². The molecule has 1 aliphatic carbocycles. The standard InChI is InChI=1S/C29H38N4O/c1-21-22(2)32(27-12-7-6-11-25(21)27)18-16-29(34)31-20-23-14-15-26(30-19-23)28-13-8-17-33(28)24-9-4-3-5-10-24/h6-7,11-12,14-15,19,24,28H,3-5,8-10,13,16-18,20H2,1-2H3,(H,31,34)/t28-/m0/s1. The number of amides is 1. The molecule has 1 aliphatic heterocycles. The third-order valence-corrected chi connectivity index (χ3v) is 8.13. The van der Waals surface area contributed by atoms with E-state index in [1.165, 1.54) is 79.3 Å². The van der Waals surface area contributed by atoms with Crippen molar-refractivity contribution in [2.24, 2.45) is 0 Å². The summed E-state index contributed by atoms with van der Waals surface area (Å²) in [5.41, 5.74) is 6.01. The quantitative estimate of drug-likeness (QED) is 0.485. The number of benzene rings is 1. The van der Waals surface area contributed by atoms with Crippen molar-refractivity contribution in [3.63, 3.8) is 0 Å². The van der Waals surface area contributed by atoms with Gasteiger partial charge in [0.2, 0.25) is 5.91 Å². The lowest BCUT2D eigenvalue weighted by molar-refractivity contribution is -0.121. The van der Waals surface area contributed by atoms with Crippen LogP contribution in [0.3, 0.4) is 0 Å². The van der Waals surface area contributed by atoms with Crippen LogP contribution < -0.4 is 5.32 Å². The van der Waals surface area contributed by atoms with Crippen molar-refractivity contribution in [3.05, 3.63) is 65.1 Å². The molecule has 0 bridgehead atoms. The van der Waals surface area contributed by atoms with E-state index in [0.717, 1.165) is 11.6 Å². The first-order valence-corrected chi connectivity index (χ1v) is 13.1. The van der Waals surface area contributed by atoms with E-state index in [4.69, 9.17) is 4.98 Å². The SMILES string of the molecule is Cc1c(C)n(CCC(=O)NCc2ccc([C@@H]3CCCN3C3CCCCC3)nc2)c2ccccc12. The summed E-state index contributed by atoms with van der Waals surface area (Å²) < 4.78 is 2.26. The van der Waals surface area contributed by atoms with Crippen molar-refractivity contribution < 1.29 is 4.79 Å². The number of likely N-dealkylation sites (tertiary alicyclic amines) is 1. The van der Waals surface area contributed by atoms with Gasteiger partial charge in [-0.1, -0.05) is 43.5 Å². The first kappa shape index (κ1) is 23.1. The molecule has 2 fully saturated rings. The first-order valence-electron chi connectivity index (χ1n) is 13.1. The van der Waals surface area contributed by atoms with Gasteiger partial charge in [0, 0.05) is 48.3 Å². The Balaban J connectivity index is 1.15. The second kappa shape index (κ2) is 10.3. The molecule has 3 heterocycles. The summed E-state index contributed by atoms with van der Waals surface area (Å²) in [5, 5.41) is 4.36. The molecule has 34 heavy (non-hydrogen) atoms. The Hall–Kier alpha value is -2.66. The van der Waals surface area contributed by atoms with Gasteiger partial charge in [0.1, 0.15) is 0 Å². The fourth-order valence-corrected chi connectivity index (χ4v) is 6.09. The molecule has 5 rings (SSSR count). The summed E-state index contributed by atoms with van der Waals surface area (Å²) >= 11 is 0. The van der Waals surface area contributed by atoms with Crippen molar-refractivity contribution in [3.8, 4) is 0 Å². The average molecular weight is 459 g/mol. The average Bonchev–Trinajstić information content (AvgIpc) is 3.46. The maximum Gasteiger partial charge on any atom is 0.222 e. The van der Waals surface area contributed by atoms with Crippen LogP contribution in [0.25, 0.3) is 10.9 Å². The minimum Gasteiger partial charge on any atom is -0.352 e. The maximum absolute atomic E-state index is 12.6. The van der Waals surface area contributed by atoms with E-state index in [-0.39, 0.29) is 5.91 Å². The topological polar surface area (TPSA) is 50.2 Å². The van der Waals surface area contributed by atoms with E-state index < -0.39 is 0 Å². The van der Waals surface area contributed by atoms with Crippen LogP contribution in [0.1, 0.15) is 79.9 Å². The number of nitrogens with zero attached hydrogens (tertiary/aromatic N) is 3. The number of rotatable bonds is 7. The number of fused-ring (bicyclic) bond motifs is 1. The molecule has 180 valence electrons. The molecule has 2 aliphatic rings. The van der Waals surface area contributed by atoms with Crippen LogP contribution in [0, 0.1) is 13.8 Å². The fraction of sp³-hybridized carbons (Fsp3) is 0.517. The molecule has 2 aromatic heterocycles. The summed E-state index contributed by atoms with van der Waals surface area (Å²) in [6.07, 6.45) is 11.8. The number of aromatic nitrogens is 2. The second-order valence-corrected chi connectivity index (χ2v) is 10.2. The van der Waals surface area contributed by atoms with E-state index in [0.29, 0.717) is 25.6 Å². The van der Waals surface area contributed by atoms with E-state index >= 15 is 0 Å². The van der Waals surface area contributed by atoms with Gasteiger partial charge in [-0.2, -0.15) is 0 Å². The molecule has 1 saturated heterocycles. The minimum atomic E-state index is 0.0816. The number of carbonyl (C=O) groups is 1. The zero-order valence-electron chi connectivity index (χ0n) is 20.7. The Kier molecular flexibility index (Phi) is 7.00. The van der Waals surface area contributed by atoms with Gasteiger partial charge in [-0.05, 0) is 69.3 Å². The summed E-state index contributed by atoms with van der Waals surface area (Å²) in [6.45, 7) is 6.74. The molecule has 0 unspecified atom stereocenters. The number of pyridine rings is 1. The van der Waals surface area contributed by atoms with Gasteiger partial charge in [-0.25, -0.2) is 0 Å². The van der Waals surface area contributed by atoms with E-state index in [1.807, 2.05) is 6.20 Å². The van der Waals surface area contributed by atoms with E-state index in [2.05, 4.69) is 65.0 Å². The van der Waals surface area contributed by atoms with Crippen LogP contribution in [0.5, 0.6) is 0 Å². The van der Waals surface area contributed by atoms with Crippen LogP contribution in [0.2, 0.25) is 0 Å². The lowest BCUT2D eigenvalue weighted by Crippen LogP contribution is -2.36. The summed E-state index contributed by atoms with van der Waals surface area (Å²) in [4.78, 5) is 20.1. The molecule has 1 atom stereocenters. The monoisotopic (exact) mass is 458 g/mol. The highest BCUT2D eigenvalue weighted by atomic mass is 16.1. The molecule has 0 spiro atoms. The van der Waals surface area contributed by atoms with Crippen LogP contribution >= 0.6 is 0 Å². The zero-order chi connectivity index (χ0) is 23.5. The molecular formula is C29H38N4O. The lowest BCUT2D eigenvalue weighted by atomic mass is 9.93. The van der Waals surface area contributed by atoms with Gasteiger partial charge in [0.15, 0.2) is 0 Å². The zero-order valence-corrected chi connectivity index (χ0v) is 20.7. The minimum absolute atomic E-state index is 0.0816. The van der Waals surface area contributed by atoms with Crippen LogP contribution in [-0.2, 0) is 17.9 Å². The highest BCUT2D eigenvalue weighted by molar-refractivity contribution is 5.85. The summed E-state index contributed by atoms with van der Waals surface area (Å²) in [5.74, 6) is 0.0816. The smallest absolute Gasteiger partial charge is 0.222 e. The first-order chi connectivity index (χ1) is 16.6. The predicted octanol–water partition coefficient (Wildman–Crippen LogP) is 5.83. The molecule has 5 nitrogen and oxygen atoms in total. The number of para-hydroxylation sites is 1. The predicted molar refractivity (Wildman–Crippen MR) is 138 cm³/mol. The highest BCUT2D eigenvalue weighted by Crippen LogP contribution is 2.36. The summed E-state index contributed by atoms with van der Waals surface area (Å²) in [6, 6.07) is 14.0. The van der Waals surface area contributed by atoms with Crippen molar-refractivity contribution in [2.75, 3.05) is 6.54 Å². The Morgan fingerprint density at radius 2 is 1.85 bits per heavy atom. The Labute approximate surface area is 203 Å². The normalized spacial score (nSPS) is 19.6. The Morgan fingerprint density at radius 3 is 2.65 bits per heavy atom. The Bertz CT molecular complexity index is 1130. The van der Waals surface area contributed by atoms with Gasteiger partial charge >= 0.3 is 0 Å². The van der Waals surface area contributed by atoms with Crippen LogP contribution in [0.15, 0.2) is 42.6 Å². The fourth-order valence-electron chi connectivity index (χ4n) is 6.09. The second-order valence-electron chi connectivity index (χ2n) is 10.2. The lowest BCUT2D eigenvalue weighted by Gasteiger charge is -2.35. The largest absolute Gasteiger partial charge is 0.352 e. The van der Waals surface area contributed by atoms with Gasteiger partial charge in [-0.15, -0.1) is 0 Å². The van der Waals surface area contributed by atoms with Crippen molar-refractivity contribution >= 4 is 16.8 Å². The molecule has 1 N–H and O–H groups in total. The number of aryl methyl sites for hydroxylation is 2. The van der Waals surface area contributed by atoms with Crippen molar-refractivity contribution in [1.82, 2.24) is 19.8 Å². The maximum atomic E-state index is 12.6. The van der Waals surface area contributed by atoms with E-state index in [1.54, 1.807) is 0 Å². The third kappa shape index (κ3) is 4.76. The Morgan fingerprint density at radius 1 is 1.03 bits per heavy atom. The van der Waals surface area contributed by atoms with E-state index in [9.17, 15) is 4.79 Å². The van der Waals surface area contributed by atoms with Crippen molar-refractivity contribution in [2.45, 2.75) is 90.4 Å². The van der Waals surface area contributed by atoms with Gasteiger partial charge < -0.3 is 9.88 Å². The molecule has 1 saturated carbocycles. The number of hydrogen-bond acceptors (Lipinski definition) is 3. The van der Waals surface area contributed by atoms with Gasteiger partial charge in [0.25, 0.3) is 0 Å². The molecule has 1 amide bonds. The third-order valence-electron chi connectivity index (χ3n) is 8.13. The number of carbonyl (C=O) groups excluding carboxylic acids is 1. The molecule has 5 heteroatoms. The van der Waals surface area contributed by atoms with Gasteiger partial charge in [0.05, 0.1) is 11.7 Å². The molecule has 3 aromatic rings. The van der Waals surface area contributed by atoms with Gasteiger partial charge in [-0.3, -0.25) is 14.7 Å². The van der Waals surface area contributed by atoms with Crippen LogP contribution in [0.4, 0.5) is 0 Å². The molecule has 1 aromatic carbocycles. The molecule has 0 radical (unpaired) electrons. The number of nitrogens with one attached hydrogen (secondary N) is 1. The summed E-state index contributed by atoms with van der Waals surface area (Å²) in [7, 11) is 0.